The summed E-state index contributed by atoms with van der Waals surface area (Å²) in [6.45, 7) is 8.13. The minimum Gasteiger partial charge on any atom is -0.399 e. The fourth-order valence-electron chi connectivity index (χ4n) is 4.80. The number of carbonyl (C=O) groups is 1. The van der Waals surface area contributed by atoms with Crippen molar-refractivity contribution >= 4 is 34.0 Å². The molecular formula is C23H28N8O. The molecular weight excluding hydrogens is 404 g/mol. The van der Waals surface area contributed by atoms with Crippen LogP contribution < -0.4 is 16.0 Å². The lowest BCUT2D eigenvalue weighted by Crippen LogP contribution is -2.60. The van der Waals surface area contributed by atoms with Crippen LogP contribution in [-0.4, -0.2) is 57.7 Å². The number of nitrogen functional groups attached to an aromatic ring is 1. The normalized spacial score (nSPS) is 18.3. The highest BCUT2D eigenvalue weighted by Gasteiger charge is 2.54. The van der Waals surface area contributed by atoms with Crippen LogP contribution >= 0.6 is 0 Å². The van der Waals surface area contributed by atoms with Crippen molar-refractivity contribution in [3.05, 3.63) is 41.5 Å². The van der Waals surface area contributed by atoms with Crippen molar-refractivity contribution in [3.63, 3.8) is 0 Å². The number of nitrogens with zero attached hydrogens (tertiary/aromatic N) is 6. The maximum absolute atomic E-state index is 12.5. The fourth-order valence-corrected chi connectivity index (χ4v) is 4.80. The standard InChI is InChI=1S/C23H28N8O/c1-13-7-16(24)8-19(26-13)15(3)27-21-17-9-20(25-10-18(17)14(2)28-29-21)31-11-23(12-31)5-6-30(4)22(23)32/h7-10,15H,5-6,11-12H2,1-4H3,(H2,24,26)(H,27,29)/t15-/m1/s1. The van der Waals surface area contributed by atoms with Gasteiger partial charge in [0.15, 0.2) is 5.82 Å². The van der Waals surface area contributed by atoms with Crippen molar-refractivity contribution in [2.24, 2.45) is 5.41 Å². The first-order valence-corrected chi connectivity index (χ1v) is 10.9. The van der Waals surface area contributed by atoms with Crippen molar-refractivity contribution in [1.29, 1.82) is 0 Å². The first-order valence-electron chi connectivity index (χ1n) is 10.9. The van der Waals surface area contributed by atoms with Gasteiger partial charge in [-0.05, 0) is 45.4 Å². The minimum absolute atomic E-state index is 0.104. The van der Waals surface area contributed by atoms with E-state index in [1.165, 1.54) is 0 Å². The van der Waals surface area contributed by atoms with E-state index in [4.69, 9.17) is 5.73 Å². The number of likely N-dealkylation sites (tertiary alicyclic amines) is 1. The summed E-state index contributed by atoms with van der Waals surface area (Å²) in [7, 11) is 1.88. The van der Waals surface area contributed by atoms with Gasteiger partial charge in [-0.25, -0.2) is 4.98 Å². The highest BCUT2D eigenvalue weighted by Crippen LogP contribution is 2.42. The van der Waals surface area contributed by atoms with Gasteiger partial charge in [0.05, 0.1) is 22.8 Å². The molecule has 2 aliphatic rings. The van der Waals surface area contributed by atoms with Gasteiger partial charge in [-0.15, -0.1) is 5.10 Å². The van der Waals surface area contributed by atoms with Crippen LogP contribution in [0, 0.1) is 19.3 Å². The molecule has 1 atom stereocenters. The second kappa shape index (κ2) is 7.29. The first kappa shape index (κ1) is 20.4. The Bertz CT molecular complexity index is 1200. The fraction of sp³-hybridized carbons (Fsp3) is 0.435. The van der Waals surface area contributed by atoms with E-state index in [2.05, 4.69) is 30.4 Å². The summed E-state index contributed by atoms with van der Waals surface area (Å²) < 4.78 is 0. The summed E-state index contributed by atoms with van der Waals surface area (Å²) in [5, 5.41) is 14.1. The van der Waals surface area contributed by atoms with Gasteiger partial charge in [0.1, 0.15) is 5.82 Å². The van der Waals surface area contributed by atoms with Crippen molar-refractivity contribution in [3.8, 4) is 0 Å². The number of fused-ring (bicyclic) bond motifs is 1. The molecule has 166 valence electrons. The van der Waals surface area contributed by atoms with E-state index in [9.17, 15) is 4.79 Å². The highest BCUT2D eigenvalue weighted by molar-refractivity contribution is 5.95. The summed E-state index contributed by atoms with van der Waals surface area (Å²) in [5.74, 6) is 1.78. The predicted molar refractivity (Wildman–Crippen MR) is 124 cm³/mol. The average Bonchev–Trinajstić information content (AvgIpc) is 3.03. The molecule has 9 heteroatoms. The molecule has 32 heavy (non-hydrogen) atoms. The van der Waals surface area contributed by atoms with Crippen molar-refractivity contribution in [2.45, 2.75) is 33.2 Å². The van der Waals surface area contributed by atoms with Crippen molar-refractivity contribution in [2.75, 3.05) is 42.6 Å². The highest BCUT2D eigenvalue weighted by atomic mass is 16.2. The third-order valence-electron chi connectivity index (χ3n) is 6.66. The maximum atomic E-state index is 12.5. The monoisotopic (exact) mass is 432 g/mol. The van der Waals surface area contributed by atoms with E-state index in [1.54, 1.807) is 0 Å². The summed E-state index contributed by atoms with van der Waals surface area (Å²) in [4.78, 5) is 25.8. The number of amides is 1. The number of pyridine rings is 2. The van der Waals surface area contributed by atoms with Gasteiger partial charge in [0.25, 0.3) is 0 Å². The van der Waals surface area contributed by atoms with Crippen LogP contribution in [0.2, 0.25) is 0 Å². The molecule has 9 nitrogen and oxygen atoms in total. The predicted octanol–water partition coefficient (Wildman–Crippen LogP) is 2.46. The number of hydrogen-bond donors (Lipinski definition) is 2. The molecule has 5 rings (SSSR count). The molecule has 3 aromatic rings. The van der Waals surface area contributed by atoms with E-state index in [0.717, 1.165) is 46.6 Å². The second-order valence-corrected chi connectivity index (χ2v) is 9.17. The number of anilines is 3. The Morgan fingerprint density at radius 1 is 1.16 bits per heavy atom. The van der Waals surface area contributed by atoms with Gasteiger partial charge < -0.3 is 20.9 Å². The molecule has 0 saturated carbocycles. The number of aromatic nitrogens is 4. The molecule has 2 fully saturated rings. The van der Waals surface area contributed by atoms with Crippen LogP contribution in [0.1, 0.15) is 36.5 Å². The second-order valence-electron chi connectivity index (χ2n) is 9.17. The molecule has 0 aliphatic carbocycles. The lowest BCUT2D eigenvalue weighted by Gasteiger charge is -2.47. The van der Waals surface area contributed by atoms with E-state index >= 15 is 0 Å². The Morgan fingerprint density at radius 3 is 2.62 bits per heavy atom. The van der Waals surface area contributed by atoms with Crippen LogP contribution in [-0.2, 0) is 4.79 Å². The number of nitrogens with one attached hydrogen (secondary N) is 1. The lowest BCUT2D eigenvalue weighted by molar-refractivity contribution is -0.136. The quantitative estimate of drug-likeness (QED) is 0.646. The summed E-state index contributed by atoms with van der Waals surface area (Å²) in [6, 6.07) is 5.66. The third-order valence-corrected chi connectivity index (χ3v) is 6.66. The number of aryl methyl sites for hydroxylation is 2. The Hall–Kier alpha value is -3.49. The van der Waals surface area contributed by atoms with Gasteiger partial charge in [-0.3, -0.25) is 9.78 Å². The van der Waals surface area contributed by atoms with Crippen LogP contribution in [0.15, 0.2) is 24.4 Å². The largest absolute Gasteiger partial charge is 0.399 e. The Balaban J connectivity index is 1.44. The first-order chi connectivity index (χ1) is 15.3. The third kappa shape index (κ3) is 3.28. The van der Waals surface area contributed by atoms with Crippen LogP contribution in [0.25, 0.3) is 10.8 Å². The Morgan fingerprint density at radius 2 is 1.94 bits per heavy atom. The zero-order valence-electron chi connectivity index (χ0n) is 18.9. The molecule has 2 saturated heterocycles. The topological polar surface area (TPSA) is 113 Å². The maximum Gasteiger partial charge on any atom is 0.232 e. The summed E-state index contributed by atoms with van der Waals surface area (Å²) in [5.41, 5.74) is 8.99. The molecule has 1 amide bonds. The SMILES string of the molecule is Cc1cc(N)cc([C@@H](C)Nc2nnc(C)c3cnc(N4CC5(CCN(C)C5=O)C4)cc23)n1. The lowest BCUT2D eigenvalue weighted by atomic mass is 9.78. The Kier molecular flexibility index (Phi) is 4.65. The molecule has 0 radical (unpaired) electrons. The van der Waals surface area contributed by atoms with E-state index < -0.39 is 0 Å². The average molecular weight is 433 g/mol. The summed E-state index contributed by atoms with van der Waals surface area (Å²) >= 11 is 0. The van der Waals surface area contributed by atoms with Gasteiger partial charge in [-0.2, -0.15) is 5.10 Å². The summed E-state index contributed by atoms with van der Waals surface area (Å²) in [6.07, 6.45) is 2.76. The molecule has 3 N–H and O–H groups in total. The zero-order valence-corrected chi connectivity index (χ0v) is 18.9. The van der Waals surface area contributed by atoms with Crippen LogP contribution in [0.4, 0.5) is 17.3 Å². The number of hydrogen-bond acceptors (Lipinski definition) is 8. The van der Waals surface area contributed by atoms with Crippen LogP contribution in [0.3, 0.4) is 0 Å². The minimum atomic E-state index is -0.246. The molecule has 1 spiro atoms. The van der Waals surface area contributed by atoms with Gasteiger partial charge in [0, 0.05) is 55.0 Å². The molecule has 0 bridgehead atoms. The van der Waals surface area contributed by atoms with Gasteiger partial charge >= 0.3 is 0 Å². The number of rotatable bonds is 4. The van der Waals surface area contributed by atoms with E-state index in [0.29, 0.717) is 24.6 Å². The Labute approximate surface area is 187 Å². The van der Waals surface area contributed by atoms with Crippen molar-refractivity contribution in [1.82, 2.24) is 25.1 Å². The molecule has 0 aromatic carbocycles. The number of carbonyl (C=O) groups excluding carboxylic acids is 1. The van der Waals surface area contributed by atoms with Crippen molar-refractivity contribution < 1.29 is 4.79 Å². The molecule has 3 aromatic heterocycles. The van der Waals surface area contributed by atoms with Crippen LogP contribution in [0.5, 0.6) is 0 Å². The zero-order chi connectivity index (χ0) is 22.6. The van der Waals surface area contributed by atoms with Gasteiger partial charge in [0.2, 0.25) is 5.91 Å². The molecule has 2 aliphatic heterocycles. The van der Waals surface area contributed by atoms with Gasteiger partial charge in [-0.1, -0.05) is 0 Å². The molecule has 0 unspecified atom stereocenters. The molecule has 5 heterocycles. The smallest absolute Gasteiger partial charge is 0.232 e. The number of nitrogens with two attached hydrogens (primary N) is 1. The van der Waals surface area contributed by atoms with E-state index in [1.807, 2.05) is 57.1 Å². The van der Waals surface area contributed by atoms with E-state index in [-0.39, 0.29) is 17.4 Å².